The Hall–Kier alpha value is -1.66. The molecule has 0 saturated carbocycles. The zero-order chi connectivity index (χ0) is 13.5. The van der Waals surface area contributed by atoms with Crippen molar-refractivity contribution < 1.29 is 14.5 Å². The molecule has 18 heavy (non-hydrogen) atoms. The molecule has 0 radical (unpaired) electrons. The predicted molar refractivity (Wildman–Crippen MR) is 66.9 cm³/mol. The van der Waals surface area contributed by atoms with Crippen LogP contribution in [0.4, 0.5) is 5.69 Å². The van der Waals surface area contributed by atoms with Gasteiger partial charge in [-0.15, -0.1) is 0 Å². The predicted octanol–water partition coefficient (Wildman–Crippen LogP) is 2.01. The van der Waals surface area contributed by atoms with Gasteiger partial charge in [-0.25, -0.2) is 0 Å². The lowest BCUT2D eigenvalue weighted by atomic mass is 10.2. The molecule has 1 rings (SSSR count). The summed E-state index contributed by atoms with van der Waals surface area (Å²) in [5.74, 6) is -0.341. The Morgan fingerprint density at radius 1 is 1.56 bits per heavy atom. The zero-order valence-electron chi connectivity index (χ0n) is 9.81. The minimum absolute atomic E-state index is 0.0579. The number of rotatable bonds is 6. The largest absolute Gasteiger partial charge is 0.380 e. The molecule has 0 fully saturated rings. The van der Waals surface area contributed by atoms with Crippen molar-refractivity contribution >= 4 is 23.2 Å². The molecule has 0 atom stereocenters. The Morgan fingerprint density at radius 2 is 2.28 bits per heavy atom. The van der Waals surface area contributed by atoms with Crippen LogP contribution in [0.1, 0.15) is 17.3 Å². The van der Waals surface area contributed by atoms with Gasteiger partial charge < -0.3 is 10.1 Å². The lowest BCUT2D eigenvalue weighted by molar-refractivity contribution is -0.384. The molecule has 0 bridgehead atoms. The molecule has 0 saturated heterocycles. The molecular weight excluding hydrogens is 260 g/mol. The molecule has 0 aliphatic carbocycles. The summed E-state index contributed by atoms with van der Waals surface area (Å²) in [6.45, 7) is 3.24. The first kappa shape index (κ1) is 14.4. The van der Waals surface area contributed by atoms with E-state index in [1.54, 1.807) is 0 Å². The number of nitrogens with zero attached hydrogens (tertiary/aromatic N) is 1. The lowest BCUT2D eigenvalue weighted by Gasteiger charge is -2.05. The molecule has 98 valence electrons. The first-order valence-electron chi connectivity index (χ1n) is 5.36. The van der Waals surface area contributed by atoms with Crippen LogP contribution >= 0.6 is 11.6 Å². The molecule has 0 aliphatic heterocycles. The van der Waals surface area contributed by atoms with Gasteiger partial charge in [0.2, 0.25) is 0 Å². The Balaban J connectivity index is 2.64. The number of carbonyl (C=O) groups is 1. The third-order valence-corrected chi connectivity index (χ3v) is 2.45. The number of benzene rings is 1. The third-order valence-electron chi connectivity index (χ3n) is 2.14. The van der Waals surface area contributed by atoms with Gasteiger partial charge in [-0.2, -0.15) is 0 Å². The van der Waals surface area contributed by atoms with Crippen molar-refractivity contribution in [1.82, 2.24) is 5.32 Å². The monoisotopic (exact) mass is 272 g/mol. The van der Waals surface area contributed by atoms with Crippen molar-refractivity contribution in [3.63, 3.8) is 0 Å². The Labute approximate surface area is 109 Å². The van der Waals surface area contributed by atoms with Crippen LogP contribution in [0.3, 0.4) is 0 Å². The molecule has 0 aromatic heterocycles. The van der Waals surface area contributed by atoms with Crippen LogP contribution in [-0.2, 0) is 4.74 Å². The highest BCUT2D eigenvalue weighted by Crippen LogP contribution is 2.24. The van der Waals surface area contributed by atoms with Gasteiger partial charge in [0.05, 0.1) is 11.5 Å². The van der Waals surface area contributed by atoms with E-state index in [0.717, 1.165) is 0 Å². The van der Waals surface area contributed by atoms with Gasteiger partial charge in [0.15, 0.2) is 0 Å². The number of ether oxygens (including phenoxy) is 1. The highest BCUT2D eigenvalue weighted by atomic mass is 35.5. The van der Waals surface area contributed by atoms with Gasteiger partial charge in [0.25, 0.3) is 11.6 Å². The van der Waals surface area contributed by atoms with Crippen LogP contribution < -0.4 is 5.32 Å². The summed E-state index contributed by atoms with van der Waals surface area (Å²) >= 11 is 5.71. The number of hydrogen-bond acceptors (Lipinski definition) is 4. The second-order valence-electron chi connectivity index (χ2n) is 3.38. The summed E-state index contributed by atoms with van der Waals surface area (Å²) in [6.07, 6.45) is 0. The molecule has 6 nitrogen and oxygen atoms in total. The van der Waals surface area contributed by atoms with Crippen molar-refractivity contribution in [1.29, 1.82) is 0 Å². The van der Waals surface area contributed by atoms with Crippen molar-refractivity contribution in [2.24, 2.45) is 0 Å². The van der Waals surface area contributed by atoms with E-state index in [9.17, 15) is 14.9 Å². The first-order chi connectivity index (χ1) is 8.56. The SMILES string of the molecule is CCOCCNC(=O)c1ccc([N+](=O)[O-])c(Cl)c1. The second kappa shape index (κ2) is 6.93. The molecule has 1 amide bonds. The highest BCUT2D eigenvalue weighted by molar-refractivity contribution is 6.33. The highest BCUT2D eigenvalue weighted by Gasteiger charge is 2.14. The summed E-state index contributed by atoms with van der Waals surface area (Å²) in [6, 6.07) is 3.84. The molecule has 7 heteroatoms. The van der Waals surface area contributed by atoms with Gasteiger partial charge in [-0.3, -0.25) is 14.9 Å². The fraction of sp³-hybridized carbons (Fsp3) is 0.364. The summed E-state index contributed by atoms with van der Waals surface area (Å²) < 4.78 is 5.06. The summed E-state index contributed by atoms with van der Waals surface area (Å²) in [5, 5.41) is 13.1. The van der Waals surface area contributed by atoms with Gasteiger partial charge >= 0.3 is 0 Å². The number of hydrogen-bond donors (Lipinski definition) is 1. The number of nitro groups is 1. The van der Waals surface area contributed by atoms with Gasteiger partial charge in [0.1, 0.15) is 5.02 Å². The van der Waals surface area contributed by atoms with Gasteiger partial charge in [-0.1, -0.05) is 11.6 Å². The normalized spacial score (nSPS) is 10.1. The number of halogens is 1. The third kappa shape index (κ3) is 3.97. The fourth-order valence-corrected chi connectivity index (χ4v) is 1.53. The number of nitro benzene ring substituents is 1. The number of amides is 1. The van der Waals surface area contributed by atoms with Crippen molar-refractivity contribution in [3.8, 4) is 0 Å². The average molecular weight is 273 g/mol. The molecule has 1 aromatic carbocycles. The van der Waals surface area contributed by atoms with Crippen LogP contribution in [0.5, 0.6) is 0 Å². The van der Waals surface area contributed by atoms with E-state index < -0.39 is 4.92 Å². The summed E-state index contributed by atoms with van der Waals surface area (Å²) in [4.78, 5) is 21.6. The van der Waals surface area contributed by atoms with Crippen LogP contribution in [0.2, 0.25) is 5.02 Å². The van der Waals surface area contributed by atoms with E-state index in [0.29, 0.717) is 19.8 Å². The van der Waals surface area contributed by atoms with Crippen LogP contribution in [-0.4, -0.2) is 30.6 Å². The topological polar surface area (TPSA) is 81.5 Å². The first-order valence-corrected chi connectivity index (χ1v) is 5.74. The minimum Gasteiger partial charge on any atom is -0.380 e. The molecule has 1 aromatic rings. The van der Waals surface area contributed by atoms with E-state index in [2.05, 4.69) is 5.32 Å². The standard InChI is InChI=1S/C11H13ClN2O4/c1-2-18-6-5-13-11(15)8-3-4-10(14(16)17)9(12)7-8/h3-4,7H,2,5-6H2,1H3,(H,13,15). The van der Waals surface area contributed by atoms with E-state index in [4.69, 9.17) is 16.3 Å². The summed E-state index contributed by atoms with van der Waals surface area (Å²) in [5.41, 5.74) is 0.0598. The lowest BCUT2D eigenvalue weighted by Crippen LogP contribution is -2.27. The summed E-state index contributed by atoms with van der Waals surface area (Å²) in [7, 11) is 0. The van der Waals surface area contributed by atoms with Gasteiger partial charge in [-0.05, 0) is 19.1 Å². The maximum absolute atomic E-state index is 11.6. The van der Waals surface area contributed by atoms with E-state index in [1.807, 2.05) is 6.92 Å². The molecular formula is C11H13ClN2O4. The maximum Gasteiger partial charge on any atom is 0.287 e. The molecule has 0 heterocycles. The van der Waals surface area contributed by atoms with Crippen molar-refractivity contribution in [3.05, 3.63) is 38.9 Å². The Bertz CT molecular complexity index is 451. The Kier molecular flexibility index (Phi) is 5.54. The van der Waals surface area contributed by atoms with Crippen LogP contribution in [0, 0.1) is 10.1 Å². The number of carbonyl (C=O) groups excluding carboxylic acids is 1. The van der Waals surface area contributed by atoms with Gasteiger partial charge in [0, 0.05) is 24.8 Å². The second-order valence-corrected chi connectivity index (χ2v) is 3.78. The number of nitrogens with one attached hydrogen (secondary N) is 1. The average Bonchev–Trinajstić information content (AvgIpc) is 2.33. The van der Waals surface area contributed by atoms with Crippen molar-refractivity contribution in [2.75, 3.05) is 19.8 Å². The molecule has 0 unspecified atom stereocenters. The smallest absolute Gasteiger partial charge is 0.287 e. The minimum atomic E-state index is -0.598. The van der Waals surface area contributed by atoms with E-state index in [-0.39, 0.29) is 22.2 Å². The molecule has 0 aliphatic rings. The quantitative estimate of drug-likeness (QED) is 0.488. The van der Waals surface area contributed by atoms with Crippen LogP contribution in [0.25, 0.3) is 0 Å². The zero-order valence-corrected chi connectivity index (χ0v) is 10.6. The maximum atomic E-state index is 11.6. The van der Waals surface area contributed by atoms with Crippen molar-refractivity contribution in [2.45, 2.75) is 6.92 Å². The Morgan fingerprint density at radius 3 is 2.83 bits per heavy atom. The molecule has 1 N–H and O–H groups in total. The molecule has 0 spiro atoms. The van der Waals surface area contributed by atoms with E-state index >= 15 is 0 Å². The van der Waals surface area contributed by atoms with Crippen LogP contribution in [0.15, 0.2) is 18.2 Å². The fourth-order valence-electron chi connectivity index (χ4n) is 1.28. The van der Waals surface area contributed by atoms with E-state index in [1.165, 1.54) is 18.2 Å².